The first-order chi connectivity index (χ1) is 11.7. The molecule has 1 atom stereocenters. The third kappa shape index (κ3) is 3.51. The normalized spacial score (nSPS) is 17.6. The minimum atomic E-state index is -0.433. The second kappa shape index (κ2) is 7.68. The molecule has 5 heteroatoms. The summed E-state index contributed by atoms with van der Waals surface area (Å²) in [6.07, 6.45) is 3.82. The molecule has 1 fully saturated rings. The van der Waals surface area contributed by atoms with Crippen molar-refractivity contribution in [3.63, 3.8) is 0 Å². The van der Waals surface area contributed by atoms with E-state index in [4.69, 9.17) is 16.3 Å². The quantitative estimate of drug-likeness (QED) is 0.806. The van der Waals surface area contributed by atoms with E-state index in [-0.39, 0.29) is 12.0 Å². The third-order valence-corrected chi connectivity index (χ3v) is 5.89. The Morgan fingerprint density at radius 2 is 2.00 bits per heavy atom. The van der Waals surface area contributed by atoms with Gasteiger partial charge in [-0.3, -0.25) is 4.79 Å². The van der Waals surface area contributed by atoms with Gasteiger partial charge in [0.2, 0.25) is 5.91 Å². The van der Waals surface area contributed by atoms with Crippen LogP contribution in [0.4, 0.5) is 0 Å². The van der Waals surface area contributed by atoms with Crippen molar-refractivity contribution in [2.45, 2.75) is 37.2 Å². The molecule has 3 nitrogen and oxygen atoms in total. The Hall–Kier alpha value is -1.36. The van der Waals surface area contributed by atoms with E-state index < -0.39 is 5.41 Å². The molecule has 1 aliphatic carbocycles. The van der Waals surface area contributed by atoms with Crippen molar-refractivity contribution in [2.24, 2.45) is 0 Å². The van der Waals surface area contributed by atoms with Crippen LogP contribution in [-0.4, -0.2) is 19.6 Å². The summed E-state index contributed by atoms with van der Waals surface area (Å²) in [5.74, 6) is 0.0969. The van der Waals surface area contributed by atoms with Gasteiger partial charge in [0.1, 0.15) is 6.10 Å². The van der Waals surface area contributed by atoms with Gasteiger partial charge in [0.25, 0.3) is 0 Å². The van der Waals surface area contributed by atoms with Gasteiger partial charge in [-0.1, -0.05) is 36.6 Å². The van der Waals surface area contributed by atoms with Crippen LogP contribution in [0.5, 0.6) is 0 Å². The predicted molar refractivity (Wildman–Crippen MR) is 98.7 cm³/mol. The fourth-order valence-corrected chi connectivity index (χ4v) is 4.37. The molecule has 0 aliphatic heterocycles. The Morgan fingerprint density at radius 3 is 2.58 bits per heavy atom. The summed E-state index contributed by atoms with van der Waals surface area (Å²) in [6, 6.07) is 9.75. The van der Waals surface area contributed by atoms with Gasteiger partial charge in [0, 0.05) is 18.7 Å². The molecule has 1 aromatic heterocycles. The highest BCUT2D eigenvalue weighted by Crippen LogP contribution is 2.41. The van der Waals surface area contributed by atoms with Gasteiger partial charge < -0.3 is 10.1 Å². The van der Waals surface area contributed by atoms with Gasteiger partial charge in [-0.15, -0.1) is 0 Å². The molecule has 0 saturated heterocycles. The molecule has 0 bridgehead atoms. The number of rotatable bonds is 6. The highest BCUT2D eigenvalue weighted by Gasteiger charge is 2.42. The van der Waals surface area contributed by atoms with Gasteiger partial charge >= 0.3 is 0 Å². The molecule has 1 amide bonds. The van der Waals surface area contributed by atoms with E-state index >= 15 is 0 Å². The van der Waals surface area contributed by atoms with Crippen LogP contribution in [0.2, 0.25) is 5.02 Å². The number of amides is 1. The van der Waals surface area contributed by atoms with Crippen LogP contribution < -0.4 is 5.32 Å². The van der Waals surface area contributed by atoms with E-state index in [9.17, 15) is 4.79 Å². The summed E-state index contributed by atoms with van der Waals surface area (Å²) >= 11 is 7.64. The van der Waals surface area contributed by atoms with E-state index in [0.717, 1.165) is 36.8 Å². The maximum Gasteiger partial charge on any atom is 0.230 e. The Balaban J connectivity index is 1.74. The second-order valence-corrected chi connectivity index (χ2v) is 7.50. The van der Waals surface area contributed by atoms with E-state index in [0.29, 0.717) is 11.6 Å². The highest BCUT2D eigenvalue weighted by molar-refractivity contribution is 7.07. The average molecular weight is 364 g/mol. The molecule has 3 rings (SSSR count). The average Bonchev–Trinajstić information content (AvgIpc) is 3.28. The van der Waals surface area contributed by atoms with Gasteiger partial charge in [0.05, 0.1) is 5.41 Å². The Kier molecular flexibility index (Phi) is 5.59. The first kappa shape index (κ1) is 17.5. The second-order valence-electron chi connectivity index (χ2n) is 6.29. The molecule has 1 aliphatic rings. The zero-order valence-electron chi connectivity index (χ0n) is 13.8. The van der Waals surface area contributed by atoms with E-state index in [1.807, 2.05) is 35.7 Å². The van der Waals surface area contributed by atoms with E-state index in [1.165, 1.54) is 0 Å². The molecule has 1 heterocycles. The third-order valence-electron chi connectivity index (χ3n) is 4.94. The number of benzene rings is 1. The number of carbonyl (C=O) groups is 1. The Morgan fingerprint density at radius 1 is 1.29 bits per heavy atom. The molecule has 1 saturated carbocycles. The molecule has 0 radical (unpaired) electrons. The lowest BCUT2D eigenvalue weighted by Gasteiger charge is -2.29. The zero-order valence-corrected chi connectivity index (χ0v) is 15.3. The summed E-state index contributed by atoms with van der Waals surface area (Å²) in [4.78, 5) is 13.0. The predicted octanol–water partition coefficient (Wildman–Crippen LogP) is 4.72. The molecule has 2 aromatic rings. The van der Waals surface area contributed by atoms with Gasteiger partial charge in [-0.05, 0) is 52.9 Å². The van der Waals surface area contributed by atoms with Gasteiger partial charge in [-0.2, -0.15) is 11.3 Å². The fourth-order valence-electron chi connectivity index (χ4n) is 3.54. The van der Waals surface area contributed by atoms with Gasteiger partial charge in [-0.25, -0.2) is 0 Å². The lowest BCUT2D eigenvalue weighted by atomic mass is 9.78. The number of hydrogen-bond acceptors (Lipinski definition) is 3. The van der Waals surface area contributed by atoms with Crippen molar-refractivity contribution < 1.29 is 9.53 Å². The number of ether oxygens (including phenoxy) is 1. The maximum absolute atomic E-state index is 13.0. The molecule has 0 unspecified atom stereocenters. The summed E-state index contributed by atoms with van der Waals surface area (Å²) < 4.78 is 5.54. The number of carbonyl (C=O) groups excluding carboxylic acids is 1. The summed E-state index contributed by atoms with van der Waals surface area (Å²) in [7, 11) is 1.68. The number of thiophene rings is 1. The Labute approximate surface area is 152 Å². The van der Waals surface area contributed by atoms with Gasteiger partial charge in [0.15, 0.2) is 0 Å². The number of nitrogens with one attached hydrogen (secondary N) is 1. The molecule has 24 heavy (non-hydrogen) atoms. The van der Waals surface area contributed by atoms with Crippen LogP contribution >= 0.6 is 22.9 Å². The highest BCUT2D eigenvalue weighted by atomic mass is 35.5. The van der Waals surface area contributed by atoms with Crippen LogP contribution in [0, 0.1) is 0 Å². The van der Waals surface area contributed by atoms with Crippen LogP contribution in [-0.2, 0) is 14.9 Å². The molecular formula is C19H22ClNO2S. The lowest BCUT2D eigenvalue weighted by molar-refractivity contribution is -0.127. The monoisotopic (exact) mass is 363 g/mol. The number of methoxy groups -OCH3 is 1. The zero-order chi connectivity index (χ0) is 17.0. The topological polar surface area (TPSA) is 38.3 Å². The summed E-state index contributed by atoms with van der Waals surface area (Å²) in [6.45, 7) is 0.488. The molecule has 1 aromatic carbocycles. The minimum absolute atomic E-state index is 0.0969. The molecular weight excluding hydrogens is 342 g/mol. The first-order valence-corrected chi connectivity index (χ1v) is 9.57. The van der Waals surface area contributed by atoms with Crippen molar-refractivity contribution in [1.82, 2.24) is 5.32 Å². The van der Waals surface area contributed by atoms with Crippen molar-refractivity contribution in [1.29, 1.82) is 0 Å². The maximum atomic E-state index is 13.0. The molecule has 0 spiro atoms. The molecule has 128 valence electrons. The van der Waals surface area contributed by atoms with Crippen molar-refractivity contribution >= 4 is 28.8 Å². The minimum Gasteiger partial charge on any atom is -0.375 e. The summed E-state index contributed by atoms with van der Waals surface area (Å²) in [5.41, 5.74) is 1.73. The smallest absolute Gasteiger partial charge is 0.230 e. The number of hydrogen-bond donors (Lipinski definition) is 1. The molecule has 1 N–H and O–H groups in total. The SMILES string of the molecule is CO[C@H](CNC(=O)C1(c2ccc(Cl)cc2)CCCC1)c1ccsc1. The van der Waals surface area contributed by atoms with Crippen LogP contribution in [0.25, 0.3) is 0 Å². The Bertz CT molecular complexity index is 663. The van der Waals surface area contributed by atoms with E-state index in [2.05, 4.69) is 10.7 Å². The van der Waals surface area contributed by atoms with Crippen molar-refractivity contribution in [2.75, 3.05) is 13.7 Å². The van der Waals surface area contributed by atoms with Crippen molar-refractivity contribution in [3.8, 4) is 0 Å². The van der Waals surface area contributed by atoms with E-state index in [1.54, 1.807) is 18.4 Å². The summed E-state index contributed by atoms with van der Waals surface area (Å²) in [5, 5.41) is 7.91. The first-order valence-electron chi connectivity index (χ1n) is 8.25. The van der Waals surface area contributed by atoms with Crippen LogP contribution in [0.15, 0.2) is 41.1 Å². The standard InChI is InChI=1S/C19H22ClNO2S/c1-23-17(14-8-11-24-13-14)12-21-18(22)19(9-2-3-10-19)15-4-6-16(20)7-5-15/h4-8,11,13,17H,2-3,9-10,12H2,1H3,(H,21,22)/t17-/m1/s1. The van der Waals surface area contributed by atoms with Crippen LogP contribution in [0.1, 0.15) is 42.9 Å². The largest absolute Gasteiger partial charge is 0.375 e. The number of halogens is 1. The lowest BCUT2D eigenvalue weighted by Crippen LogP contribution is -2.44. The van der Waals surface area contributed by atoms with Crippen molar-refractivity contribution in [3.05, 3.63) is 57.2 Å². The fraction of sp³-hybridized carbons (Fsp3) is 0.421. The van der Waals surface area contributed by atoms with Crippen LogP contribution in [0.3, 0.4) is 0 Å².